The average Bonchev–Trinajstić information content (AvgIpc) is 3.45. The van der Waals surface area contributed by atoms with Crippen molar-refractivity contribution in [2.24, 2.45) is 5.41 Å². The maximum absolute atomic E-state index is 14.7. The Morgan fingerprint density at radius 1 is 1.16 bits per heavy atom. The van der Waals surface area contributed by atoms with Crippen LogP contribution in [0.4, 0.5) is 27.6 Å². The molecule has 2 aromatic heterocycles. The Balaban J connectivity index is 1.93. The van der Waals surface area contributed by atoms with Gasteiger partial charge < -0.3 is 19.5 Å². The molecule has 1 amide bonds. The number of hydrogen-bond donors (Lipinski definition) is 2. The fourth-order valence-electron chi connectivity index (χ4n) is 3.59. The van der Waals surface area contributed by atoms with Crippen LogP contribution in [0, 0.1) is 11.2 Å². The summed E-state index contributed by atoms with van der Waals surface area (Å²) in [6, 6.07) is 4.40. The van der Waals surface area contributed by atoms with Gasteiger partial charge in [-0.15, -0.1) is 0 Å². The van der Waals surface area contributed by atoms with E-state index in [4.69, 9.17) is 20.6 Å². The van der Waals surface area contributed by atoms with E-state index in [1.54, 1.807) is 0 Å². The number of nitrogens with one attached hydrogen (secondary N) is 1. The summed E-state index contributed by atoms with van der Waals surface area (Å²) in [4.78, 5) is 12.6. The first-order valence-corrected chi connectivity index (χ1v) is 11.6. The topological polar surface area (TPSA) is 101 Å². The zero-order valence-corrected chi connectivity index (χ0v) is 20.9. The van der Waals surface area contributed by atoms with Gasteiger partial charge in [0.15, 0.2) is 11.5 Å². The third-order valence-electron chi connectivity index (χ3n) is 5.70. The number of alkyl halides is 4. The number of hydrogen-bond acceptors (Lipinski definition) is 6. The highest BCUT2D eigenvalue weighted by Crippen LogP contribution is 2.46. The number of carbonyl (C=O) groups excluding carboxylic acids is 1. The summed E-state index contributed by atoms with van der Waals surface area (Å²) in [5.74, 6) is -7.38. The molecule has 0 radical (unpaired) electrons. The molecule has 0 unspecified atom stereocenters. The lowest BCUT2D eigenvalue weighted by atomic mass is 9.86. The van der Waals surface area contributed by atoms with Gasteiger partial charge in [-0.3, -0.25) is 4.79 Å². The molecule has 0 aliphatic carbocycles. The SMILES string of the molecule is CC(C)(C)C(F)(F)c1cc(-c2onc([C@@H](CCCO)CC(=O)Nc3ccc(Cl)cc3F)c2C(F)F)no1. The minimum Gasteiger partial charge on any atom is -0.396 e. The van der Waals surface area contributed by atoms with Crippen molar-refractivity contribution in [1.29, 1.82) is 0 Å². The third-order valence-corrected chi connectivity index (χ3v) is 5.94. The van der Waals surface area contributed by atoms with E-state index in [2.05, 4.69) is 15.6 Å². The number of halogens is 6. The van der Waals surface area contributed by atoms with Gasteiger partial charge in [0, 0.05) is 35.4 Å². The first-order chi connectivity index (χ1) is 17.3. The van der Waals surface area contributed by atoms with Crippen LogP contribution in [0.3, 0.4) is 0 Å². The van der Waals surface area contributed by atoms with Crippen molar-refractivity contribution in [2.75, 3.05) is 11.9 Å². The molecule has 1 aromatic carbocycles. The second kappa shape index (κ2) is 11.2. The molecule has 0 saturated carbocycles. The molecular weight excluding hydrogens is 525 g/mol. The minimum atomic E-state index is -3.47. The number of aliphatic hydroxyl groups excluding tert-OH is 1. The van der Waals surface area contributed by atoms with Gasteiger partial charge in [-0.05, 0) is 31.0 Å². The molecule has 3 aromatic rings. The fraction of sp³-hybridized carbons (Fsp3) is 0.458. The number of aromatic nitrogens is 2. The Kier molecular flexibility index (Phi) is 8.63. The molecule has 0 spiro atoms. The van der Waals surface area contributed by atoms with Crippen LogP contribution >= 0.6 is 11.6 Å². The number of carbonyl (C=O) groups is 1. The fourth-order valence-corrected chi connectivity index (χ4v) is 3.75. The molecule has 0 aliphatic heterocycles. The molecule has 37 heavy (non-hydrogen) atoms. The van der Waals surface area contributed by atoms with Crippen LogP contribution in [0.5, 0.6) is 0 Å². The van der Waals surface area contributed by atoms with Crippen LogP contribution in [0.15, 0.2) is 33.3 Å². The zero-order valence-electron chi connectivity index (χ0n) is 20.1. The lowest BCUT2D eigenvalue weighted by Crippen LogP contribution is -2.30. The maximum atomic E-state index is 14.7. The number of nitrogens with zero attached hydrogens (tertiary/aromatic N) is 2. The maximum Gasteiger partial charge on any atom is 0.312 e. The minimum absolute atomic E-state index is 0.0465. The average molecular weight is 550 g/mol. The summed E-state index contributed by atoms with van der Waals surface area (Å²) >= 11 is 5.70. The van der Waals surface area contributed by atoms with Gasteiger partial charge in [-0.2, -0.15) is 8.78 Å². The van der Waals surface area contributed by atoms with Gasteiger partial charge >= 0.3 is 5.92 Å². The molecule has 7 nitrogen and oxygen atoms in total. The molecule has 0 fully saturated rings. The highest BCUT2D eigenvalue weighted by atomic mass is 35.5. The van der Waals surface area contributed by atoms with Crippen molar-refractivity contribution >= 4 is 23.2 Å². The second-order valence-corrected chi connectivity index (χ2v) is 9.89. The van der Waals surface area contributed by atoms with Gasteiger partial charge in [0.25, 0.3) is 6.43 Å². The Hall–Kier alpha value is -2.99. The lowest BCUT2D eigenvalue weighted by Gasteiger charge is -2.27. The summed E-state index contributed by atoms with van der Waals surface area (Å²) in [5, 5.41) is 18.9. The molecule has 2 N–H and O–H groups in total. The normalized spacial score (nSPS) is 13.3. The monoisotopic (exact) mass is 549 g/mol. The quantitative estimate of drug-likeness (QED) is 0.262. The summed E-state index contributed by atoms with van der Waals surface area (Å²) in [6.07, 6.45) is -3.41. The predicted molar refractivity (Wildman–Crippen MR) is 124 cm³/mol. The van der Waals surface area contributed by atoms with E-state index in [1.807, 2.05) is 0 Å². The van der Waals surface area contributed by atoms with E-state index in [0.29, 0.717) is 0 Å². The van der Waals surface area contributed by atoms with Crippen LogP contribution in [0.1, 0.15) is 69.4 Å². The molecular formula is C24H25ClF5N3O4. The van der Waals surface area contributed by atoms with E-state index in [1.165, 1.54) is 32.9 Å². The van der Waals surface area contributed by atoms with E-state index in [0.717, 1.165) is 12.1 Å². The Labute approximate surface area is 213 Å². The Morgan fingerprint density at radius 3 is 2.46 bits per heavy atom. The summed E-state index contributed by atoms with van der Waals surface area (Å²) < 4.78 is 81.6. The van der Waals surface area contributed by atoms with Crippen LogP contribution in [-0.2, 0) is 10.7 Å². The van der Waals surface area contributed by atoms with Gasteiger partial charge in [0.1, 0.15) is 5.82 Å². The Bertz CT molecular complexity index is 1240. The molecule has 2 heterocycles. The molecule has 1 atom stereocenters. The van der Waals surface area contributed by atoms with E-state index in [9.17, 15) is 31.9 Å². The summed E-state index contributed by atoms with van der Waals surface area (Å²) in [5.41, 5.74) is -3.18. The number of anilines is 1. The Morgan fingerprint density at radius 2 is 1.86 bits per heavy atom. The van der Waals surface area contributed by atoms with Gasteiger partial charge in [0.2, 0.25) is 11.7 Å². The van der Waals surface area contributed by atoms with E-state index in [-0.39, 0.29) is 35.9 Å². The van der Waals surface area contributed by atoms with Crippen LogP contribution in [0.25, 0.3) is 11.5 Å². The van der Waals surface area contributed by atoms with E-state index >= 15 is 0 Å². The molecule has 0 saturated heterocycles. The highest BCUT2D eigenvalue weighted by Gasteiger charge is 2.48. The molecule has 0 bridgehead atoms. The van der Waals surface area contributed by atoms with Crippen molar-refractivity contribution < 1.29 is 40.9 Å². The number of aliphatic hydroxyl groups is 1. The summed E-state index contributed by atoms with van der Waals surface area (Å²) in [7, 11) is 0. The highest BCUT2D eigenvalue weighted by molar-refractivity contribution is 6.30. The number of amides is 1. The van der Waals surface area contributed by atoms with Crippen molar-refractivity contribution in [2.45, 2.75) is 58.3 Å². The number of benzene rings is 1. The molecule has 0 aliphatic rings. The van der Waals surface area contributed by atoms with Gasteiger partial charge in [-0.25, -0.2) is 13.2 Å². The lowest BCUT2D eigenvalue weighted by molar-refractivity contribution is -0.122. The van der Waals surface area contributed by atoms with Gasteiger partial charge in [0.05, 0.1) is 16.9 Å². The smallest absolute Gasteiger partial charge is 0.312 e. The van der Waals surface area contributed by atoms with Crippen molar-refractivity contribution in [3.05, 3.63) is 52.1 Å². The standard InChI is InChI=1S/C24H25ClF5N3O4/c1-23(2,3)24(29,30)17-11-16(32-36-17)21-19(22(27)28)20(33-37-21)12(5-4-8-34)9-18(35)31-15-7-6-13(25)10-14(15)26/h6-7,10-12,22,34H,4-5,8-9H2,1-3H3,(H,31,35)/t12-/m0/s1. The first kappa shape index (κ1) is 28.6. The second-order valence-electron chi connectivity index (χ2n) is 9.45. The molecule has 202 valence electrons. The zero-order chi connectivity index (χ0) is 27.5. The number of rotatable bonds is 10. The molecule has 13 heteroatoms. The first-order valence-electron chi connectivity index (χ1n) is 11.2. The van der Waals surface area contributed by atoms with Crippen molar-refractivity contribution in [3.8, 4) is 11.5 Å². The van der Waals surface area contributed by atoms with Gasteiger partial charge in [-0.1, -0.05) is 42.7 Å². The largest absolute Gasteiger partial charge is 0.396 e. The van der Waals surface area contributed by atoms with Crippen molar-refractivity contribution in [1.82, 2.24) is 10.3 Å². The molecule has 3 rings (SSSR count). The predicted octanol–water partition coefficient (Wildman–Crippen LogP) is 7.08. The van der Waals surface area contributed by atoms with E-state index < -0.39 is 64.6 Å². The van der Waals surface area contributed by atoms with Crippen molar-refractivity contribution in [3.63, 3.8) is 0 Å². The summed E-state index contributed by atoms with van der Waals surface area (Å²) in [6.45, 7) is 3.53. The van der Waals surface area contributed by atoms with Crippen LogP contribution < -0.4 is 5.32 Å². The van der Waals surface area contributed by atoms with Crippen LogP contribution in [-0.4, -0.2) is 27.9 Å². The third kappa shape index (κ3) is 6.30. The van der Waals surface area contributed by atoms with Crippen LogP contribution in [0.2, 0.25) is 5.02 Å².